The molecule has 0 radical (unpaired) electrons. The summed E-state index contributed by atoms with van der Waals surface area (Å²) in [4.78, 5) is 0. The van der Waals surface area contributed by atoms with Gasteiger partial charge in [-0.15, -0.1) is 0 Å². The summed E-state index contributed by atoms with van der Waals surface area (Å²) < 4.78 is 20.9. The lowest BCUT2D eigenvalue weighted by Gasteiger charge is -2.25. The quantitative estimate of drug-likeness (QED) is 0.156. The molecule has 0 unspecified atom stereocenters. The van der Waals surface area contributed by atoms with Gasteiger partial charge in [0.05, 0.1) is 25.7 Å². The van der Waals surface area contributed by atoms with E-state index in [4.69, 9.17) is 18.9 Å². The molecule has 0 amide bonds. The molecular formula is C32H36O4. The van der Waals surface area contributed by atoms with Crippen LogP contribution in [0.25, 0.3) is 0 Å². The van der Waals surface area contributed by atoms with Crippen LogP contribution in [0, 0.1) is 35.5 Å². The predicted octanol–water partition coefficient (Wildman–Crippen LogP) is 6.58. The van der Waals surface area contributed by atoms with Crippen LogP contribution >= 0.6 is 0 Å². The van der Waals surface area contributed by atoms with Crippen molar-refractivity contribution in [1.29, 1.82) is 0 Å². The number of ether oxygens (including phenoxy) is 4. The van der Waals surface area contributed by atoms with Gasteiger partial charge in [0, 0.05) is 22.6 Å². The molecule has 0 aromatic heterocycles. The first-order valence-electron chi connectivity index (χ1n) is 12.6. The van der Waals surface area contributed by atoms with Crippen LogP contribution < -0.4 is 0 Å². The average Bonchev–Trinajstić information content (AvgIpc) is 2.92. The fourth-order valence-corrected chi connectivity index (χ4v) is 4.14. The topological polar surface area (TPSA) is 36.9 Å². The second kappa shape index (κ2) is 15.5. The molecule has 0 saturated heterocycles. The third-order valence-corrected chi connectivity index (χ3v) is 6.21. The summed E-state index contributed by atoms with van der Waals surface area (Å²) in [6.07, 6.45) is 8.26. The van der Waals surface area contributed by atoms with Gasteiger partial charge in [-0.3, -0.25) is 0 Å². The van der Waals surface area contributed by atoms with Gasteiger partial charge in [-0.2, -0.15) is 0 Å². The number of aryl methyl sites for hydroxylation is 1. The molecule has 3 rings (SSSR count). The van der Waals surface area contributed by atoms with E-state index in [9.17, 15) is 0 Å². The van der Waals surface area contributed by atoms with Crippen LogP contribution in [0.3, 0.4) is 0 Å². The van der Waals surface area contributed by atoms with Gasteiger partial charge in [-0.25, -0.2) is 0 Å². The van der Waals surface area contributed by atoms with Crippen molar-refractivity contribution in [1.82, 2.24) is 0 Å². The fraction of sp³-hybridized carbons (Fsp3) is 0.375. The number of benzene rings is 2. The summed E-state index contributed by atoms with van der Waals surface area (Å²) in [5.74, 6) is 14.6. The Labute approximate surface area is 216 Å². The minimum atomic E-state index is 0.203. The highest BCUT2D eigenvalue weighted by Gasteiger charge is 2.20. The number of hydrogen-bond acceptors (Lipinski definition) is 4. The molecule has 0 bridgehead atoms. The van der Waals surface area contributed by atoms with E-state index in [0.717, 1.165) is 61.0 Å². The molecule has 0 aliphatic heterocycles. The SMILES string of the molecule is C=COCOCc1ccc(C#Cc2ccc(C#CC3CCC(COCOC=C)CC3)cc2CC)cc1. The Kier molecular flexibility index (Phi) is 11.7. The van der Waals surface area contributed by atoms with E-state index in [2.05, 4.69) is 62.0 Å². The molecule has 188 valence electrons. The van der Waals surface area contributed by atoms with Crippen LogP contribution in [-0.2, 0) is 32.0 Å². The standard InChI is InChI=1S/C32H36O4/c1-4-31-21-28(12-7-26-8-13-29(14-9-26)22-35-24-33-5-2)18-20-32(31)19-17-27-10-15-30(16-11-27)23-36-25-34-6-3/h5-6,10-11,15-16,18,20-21,26,29H,2-4,8-9,13-14,22-25H2,1H3. The van der Waals surface area contributed by atoms with Crippen molar-refractivity contribution in [2.24, 2.45) is 11.8 Å². The monoisotopic (exact) mass is 484 g/mol. The minimum absolute atomic E-state index is 0.203. The molecule has 0 N–H and O–H groups in total. The van der Waals surface area contributed by atoms with Crippen molar-refractivity contribution in [2.75, 3.05) is 20.2 Å². The van der Waals surface area contributed by atoms with E-state index in [1.54, 1.807) is 0 Å². The second-order valence-corrected chi connectivity index (χ2v) is 8.78. The van der Waals surface area contributed by atoms with Crippen LogP contribution in [0.15, 0.2) is 68.1 Å². The normalized spacial score (nSPS) is 16.6. The van der Waals surface area contributed by atoms with Gasteiger partial charge < -0.3 is 18.9 Å². The summed E-state index contributed by atoms with van der Waals surface area (Å²) >= 11 is 0. The predicted molar refractivity (Wildman–Crippen MR) is 144 cm³/mol. The van der Waals surface area contributed by atoms with Crippen molar-refractivity contribution in [3.63, 3.8) is 0 Å². The molecule has 2 aromatic carbocycles. The maximum Gasteiger partial charge on any atom is 0.188 e. The van der Waals surface area contributed by atoms with E-state index >= 15 is 0 Å². The van der Waals surface area contributed by atoms with Gasteiger partial charge in [0.25, 0.3) is 0 Å². The van der Waals surface area contributed by atoms with Crippen molar-refractivity contribution in [3.8, 4) is 23.7 Å². The highest BCUT2D eigenvalue weighted by molar-refractivity contribution is 5.50. The molecule has 0 atom stereocenters. The minimum Gasteiger partial charge on any atom is -0.476 e. The summed E-state index contributed by atoms with van der Waals surface area (Å²) in [6, 6.07) is 14.4. The first-order valence-corrected chi connectivity index (χ1v) is 12.6. The van der Waals surface area contributed by atoms with Crippen LogP contribution in [0.4, 0.5) is 0 Å². The molecular weight excluding hydrogens is 448 g/mol. The maximum absolute atomic E-state index is 5.54. The van der Waals surface area contributed by atoms with E-state index in [1.165, 1.54) is 18.1 Å². The summed E-state index contributed by atoms with van der Waals surface area (Å²) in [6.45, 7) is 10.9. The van der Waals surface area contributed by atoms with Gasteiger partial charge in [0.2, 0.25) is 0 Å². The molecule has 1 saturated carbocycles. The molecule has 2 aromatic rings. The third kappa shape index (κ3) is 9.31. The van der Waals surface area contributed by atoms with Gasteiger partial charge in [0.15, 0.2) is 13.6 Å². The van der Waals surface area contributed by atoms with Crippen molar-refractivity contribution < 1.29 is 18.9 Å². The van der Waals surface area contributed by atoms with E-state index in [-0.39, 0.29) is 13.6 Å². The average molecular weight is 485 g/mol. The summed E-state index contributed by atoms with van der Waals surface area (Å²) in [7, 11) is 0. The summed E-state index contributed by atoms with van der Waals surface area (Å²) in [5.41, 5.74) is 5.39. The lowest BCUT2D eigenvalue weighted by molar-refractivity contribution is -0.0312. The Bertz CT molecular complexity index is 1090. The van der Waals surface area contributed by atoms with Gasteiger partial charge in [0.1, 0.15) is 0 Å². The maximum atomic E-state index is 5.54. The van der Waals surface area contributed by atoms with E-state index < -0.39 is 0 Å². The zero-order chi connectivity index (χ0) is 25.4. The first-order chi connectivity index (χ1) is 17.7. The Morgan fingerprint density at radius 1 is 0.833 bits per heavy atom. The molecule has 36 heavy (non-hydrogen) atoms. The van der Waals surface area contributed by atoms with Crippen molar-refractivity contribution in [2.45, 2.75) is 45.6 Å². The van der Waals surface area contributed by atoms with Crippen molar-refractivity contribution >= 4 is 0 Å². The highest BCUT2D eigenvalue weighted by atomic mass is 16.7. The van der Waals surface area contributed by atoms with Gasteiger partial charge >= 0.3 is 0 Å². The molecule has 0 spiro atoms. The molecule has 4 nitrogen and oxygen atoms in total. The highest BCUT2D eigenvalue weighted by Crippen LogP contribution is 2.28. The Hall–Kier alpha value is -3.44. The lowest BCUT2D eigenvalue weighted by Crippen LogP contribution is -2.18. The molecule has 1 aliphatic rings. The van der Waals surface area contributed by atoms with Gasteiger partial charge in [-0.1, -0.05) is 55.9 Å². The number of rotatable bonds is 11. The Morgan fingerprint density at radius 3 is 2.22 bits per heavy atom. The first kappa shape index (κ1) is 27.2. The van der Waals surface area contributed by atoms with Crippen LogP contribution in [0.2, 0.25) is 0 Å². The lowest BCUT2D eigenvalue weighted by atomic mass is 9.82. The fourth-order valence-electron chi connectivity index (χ4n) is 4.14. The number of hydrogen-bond donors (Lipinski definition) is 0. The molecule has 4 heteroatoms. The van der Waals surface area contributed by atoms with Crippen LogP contribution in [0.5, 0.6) is 0 Å². The van der Waals surface area contributed by atoms with Gasteiger partial charge in [-0.05, 0) is 79.5 Å². The van der Waals surface area contributed by atoms with Crippen LogP contribution in [0.1, 0.15) is 60.4 Å². The Morgan fingerprint density at radius 2 is 1.53 bits per heavy atom. The van der Waals surface area contributed by atoms with Crippen molar-refractivity contribution in [3.05, 3.63) is 96.0 Å². The molecule has 0 heterocycles. The zero-order valence-electron chi connectivity index (χ0n) is 21.3. The second-order valence-electron chi connectivity index (χ2n) is 8.78. The third-order valence-electron chi connectivity index (χ3n) is 6.21. The smallest absolute Gasteiger partial charge is 0.188 e. The van der Waals surface area contributed by atoms with E-state index in [0.29, 0.717) is 18.4 Å². The largest absolute Gasteiger partial charge is 0.476 e. The zero-order valence-corrected chi connectivity index (χ0v) is 21.3. The van der Waals surface area contributed by atoms with Crippen LogP contribution in [-0.4, -0.2) is 20.2 Å². The molecule has 1 aliphatic carbocycles. The Balaban J connectivity index is 1.53. The summed E-state index contributed by atoms with van der Waals surface area (Å²) in [5, 5.41) is 0. The van der Waals surface area contributed by atoms with E-state index in [1.807, 2.05) is 24.3 Å². The molecule has 1 fully saturated rings.